The lowest BCUT2D eigenvalue weighted by molar-refractivity contribution is 0.213. The minimum absolute atomic E-state index is 0.179. The highest BCUT2D eigenvalue weighted by Crippen LogP contribution is 2.23. The molecule has 6 heteroatoms. The highest BCUT2D eigenvalue weighted by atomic mass is 32.2. The predicted molar refractivity (Wildman–Crippen MR) is 74.1 cm³/mol. The van der Waals surface area contributed by atoms with Gasteiger partial charge in [-0.2, -0.15) is 4.68 Å². The van der Waals surface area contributed by atoms with Crippen LogP contribution < -0.4 is 0 Å². The van der Waals surface area contributed by atoms with Gasteiger partial charge in [-0.25, -0.2) is 9.78 Å². The molecule has 5 nitrogen and oxygen atoms in total. The Morgan fingerprint density at radius 1 is 1.50 bits per heavy atom. The summed E-state index contributed by atoms with van der Waals surface area (Å²) in [6, 6.07) is -0.190. The molecule has 1 aromatic heterocycles. The molecule has 100 valence electrons. The lowest BCUT2D eigenvalue weighted by atomic mass is 9.96. The molecule has 0 fully saturated rings. The second-order valence-electron chi connectivity index (χ2n) is 5.16. The minimum Gasteiger partial charge on any atom is -0.329 e. The van der Waals surface area contributed by atoms with Gasteiger partial charge in [0.15, 0.2) is 11.0 Å². The topological polar surface area (TPSA) is 51.0 Å². The molecule has 0 radical (unpaired) electrons. The molecule has 0 aromatic carbocycles. The molecule has 18 heavy (non-hydrogen) atoms. The van der Waals surface area contributed by atoms with Crippen LogP contribution >= 0.6 is 11.8 Å². The first-order chi connectivity index (χ1) is 8.27. The number of carbonyl (C=O) groups excluding carboxylic acids is 1. The van der Waals surface area contributed by atoms with Crippen LogP contribution in [0.15, 0.2) is 17.8 Å². The quantitative estimate of drug-likeness (QED) is 0.624. The van der Waals surface area contributed by atoms with Crippen molar-refractivity contribution in [3.8, 4) is 0 Å². The van der Waals surface area contributed by atoms with Gasteiger partial charge in [0.2, 0.25) is 0 Å². The molecule has 0 atom stereocenters. The number of hydrogen-bond acceptors (Lipinski definition) is 4. The van der Waals surface area contributed by atoms with Gasteiger partial charge in [-0.15, -0.1) is 11.7 Å². The number of carbonyl (C=O) groups is 1. The van der Waals surface area contributed by atoms with Crippen molar-refractivity contribution in [1.29, 1.82) is 0 Å². The van der Waals surface area contributed by atoms with Crippen LogP contribution in [0.25, 0.3) is 0 Å². The Bertz CT molecular complexity index is 445. The third-order valence-corrected chi connectivity index (χ3v) is 3.07. The first-order valence-corrected chi connectivity index (χ1v) is 6.69. The van der Waals surface area contributed by atoms with Gasteiger partial charge in [-0.05, 0) is 0 Å². The van der Waals surface area contributed by atoms with E-state index in [1.54, 1.807) is 20.2 Å². The first kappa shape index (κ1) is 14.8. The Hall–Kier alpha value is -1.30. The number of amides is 1. The largest absolute Gasteiger partial charge is 0.346 e. The molecule has 0 aliphatic heterocycles. The van der Waals surface area contributed by atoms with Crippen molar-refractivity contribution in [3.63, 3.8) is 0 Å². The zero-order valence-electron chi connectivity index (χ0n) is 11.6. The van der Waals surface area contributed by atoms with Gasteiger partial charge in [0.25, 0.3) is 0 Å². The monoisotopic (exact) mass is 268 g/mol. The zero-order valence-corrected chi connectivity index (χ0v) is 12.4. The minimum atomic E-state index is -0.190. The van der Waals surface area contributed by atoms with E-state index >= 15 is 0 Å². The fourth-order valence-electron chi connectivity index (χ4n) is 1.16. The average Bonchev–Trinajstić information content (AvgIpc) is 2.68. The van der Waals surface area contributed by atoms with E-state index in [0.29, 0.717) is 16.7 Å². The normalized spacial score (nSPS) is 11.4. The molecule has 0 spiro atoms. The van der Waals surface area contributed by atoms with Crippen molar-refractivity contribution < 1.29 is 4.79 Å². The zero-order chi connectivity index (χ0) is 13.9. The third-order valence-electron chi connectivity index (χ3n) is 2.14. The van der Waals surface area contributed by atoms with Crippen LogP contribution in [0.3, 0.4) is 0 Å². The van der Waals surface area contributed by atoms with Crippen LogP contribution in [0.4, 0.5) is 4.79 Å². The molecule has 1 rings (SSSR count). The summed E-state index contributed by atoms with van der Waals surface area (Å²) in [5.74, 6) is 1.37. The van der Waals surface area contributed by atoms with Gasteiger partial charge in [0.05, 0.1) is 0 Å². The van der Waals surface area contributed by atoms with Crippen molar-refractivity contribution in [2.24, 2.45) is 0 Å². The van der Waals surface area contributed by atoms with Gasteiger partial charge >= 0.3 is 6.03 Å². The fourth-order valence-corrected chi connectivity index (χ4v) is 1.82. The molecule has 1 heterocycles. The highest BCUT2D eigenvalue weighted by molar-refractivity contribution is 7.99. The van der Waals surface area contributed by atoms with Crippen molar-refractivity contribution in [2.75, 3.05) is 19.8 Å². The van der Waals surface area contributed by atoms with Crippen LogP contribution in [0.1, 0.15) is 26.6 Å². The van der Waals surface area contributed by atoms with E-state index in [1.165, 1.54) is 21.3 Å². The number of thioether (sulfide) groups is 1. The molecule has 1 amide bonds. The summed E-state index contributed by atoms with van der Waals surface area (Å²) in [6.07, 6.45) is 1.78. The van der Waals surface area contributed by atoms with Crippen molar-refractivity contribution in [3.05, 3.63) is 18.5 Å². The molecule has 0 saturated carbocycles. The standard InChI is InChI=1S/C12H20N4OS/c1-7-8-18-10-13-9(12(2,3)4)14-16(10)11(17)15(5)6/h7H,1,8H2,2-6H3. The summed E-state index contributed by atoms with van der Waals surface area (Å²) in [5, 5.41) is 4.92. The maximum atomic E-state index is 12.0. The maximum Gasteiger partial charge on any atom is 0.346 e. The third kappa shape index (κ3) is 3.35. The van der Waals surface area contributed by atoms with Crippen LogP contribution in [-0.2, 0) is 5.41 Å². The lowest BCUT2D eigenvalue weighted by Crippen LogP contribution is -2.29. The number of aromatic nitrogens is 3. The Balaban J connectivity index is 3.16. The van der Waals surface area contributed by atoms with Gasteiger partial charge in [0.1, 0.15) is 0 Å². The molecule has 0 saturated heterocycles. The maximum absolute atomic E-state index is 12.0. The molecule has 1 aromatic rings. The van der Waals surface area contributed by atoms with E-state index in [-0.39, 0.29) is 11.4 Å². The van der Waals surface area contributed by atoms with Crippen LogP contribution in [0, 0.1) is 0 Å². The van der Waals surface area contributed by atoms with Gasteiger partial charge < -0.3 is 4.90 Å². The Morgan fingerprint density at radius 3 is 2.56 bits per heavy atom. The van der Waals surface area contributed by atoms with E-state index in [4.69, 9.17) is 0 Å². The highest BCUT2D eigenvalue weighted by Gasteiger charge is 2.24. The second kappa shape index (κ2) is 5.56. The summed E-state index contributed by atoms with van der Waals surface area (Å²) >= 11 is 1.45. The predicted octanol–water partition coefficient (Wildman–Crippen LogP) is 2.38. The van der Waals surface area contributed by atoms with Crippen LogP contribution in [0.2, 0.25) is 0 Å². The Labute approximate surface area is 112 Å². The van der Waals surface area contributed by atoms with E-state index in [9.17, 15) is 4.79 Å². The fraction of sp³-hybridized carbons (Fsp3) is 0.583. The number of nitrogens with zero attached hydrogens (tertiary/aromatic N) is 4. The van der Waals surface area contributed by atoms with Gasteiger partial charge in [0, 0.05) is 25.3 Å². The Morgan fingerprint density at radius 2 is 2.11 bits per heavy atom. The van der Waals surface area contributed by atoms with Crippen LogP contribution in [-0.4, -0.2) is 45.5 Å². The second-order valence-corrected chi connectivity index (χ2v) is 6.14. The molecular formula is C12H20N4OS. The van der Waals surface area contributed by atoms with Gasteiger partial charge in [-0.3, -0.25) is 0 Å². The van der Waals surface area contributed by atoms with E-state index < -0.39 is 0 Å². The molecule has 0 N–H and O–H groups in total. The molecular weight excluding hydrogens is 248 g/mol. The summed E-state index contributed by atoms with van der Waals surface area (Å²) in [4.78, 5) is 17.9. The number of rotatable bonds is 3. The molecule has 0 aliphatic rings. The van der Waals surface area contributed by atoms with E-state index in [0.717, 1.165) is 0 Å². The lowest BCUT2D eigenvalue weighted by Gasteiger charge is -2.13. The molecule has 0 aliphatic carbocycles. The van der Waals surface area contributed by atoms with Gasteiger partial charge in [-0.1, -0.05) is 38.6 Å². The van der Waals surface area contributed by atoms with Crippen molar-refractivity contribution in [1.82, 2.24) is 19.7 Å². The summed E-state index contributed by atoms with van der Waals surface area (Å²) in [5.41, 5.74) is -0.179. The van der Waals surface area contributed by atoms with Crippen molar-refractivity contribution >= 4 is 17.8 Å². The van der Waals surface area contributed by atoms with E-state index in [2.05, 4.69) is 16.7 Å². The number of hydrogen-bond donors (Lipinski definition) is 0. The smallest absolute Gasteiger partial charge is 0.329 e. The summed E-state index contributed by atoms with van der Waals surface area (Å²) < 4.78 is 1.36. The summed E-state index contributed by atoms with van der Waals surface area (Å²) in [6.45, 7) is 9.74. The average molecular weight is 268 g/mol. The summed E-state index contributed by atoms with van der Waals surface area (Å²) in [7, 11) is 3.39. The SMILES string of the molecule is C=CCSc1nc(C(C)(C)C)nn1C(=O)N(C)C. The van der Waals surface area contributed by atoms with E-state index in [1.807, 2.05) is 20.8 Å². The molecule has 0 unspecified atom stereocenters. The van der Waals surface area contributed by atoms with Crippen LogP contribution in [0.5, 0.6) is 0 Å². The first-order valence-electron chi connectivity index (χ1n) is 5.70. The Kier molecular flexibility index (Phi) is 4.56. The molecule has 0 bridgehead atoms. The van der Waals surface area contributed by atoms with Crippen molar-refractivity contribution in [2.45, 2.75) is 31.3 Å².